The third-order valence-electron chi connectivity index (χ3n) is 4.02. The smallest absolute Gasteiger partial charge is 0.232 e. The summed E-state index contributed by atoms with van der Waals surface area (Å²) in [6.07, 6.45) is 0.569. The maximum absolute atomic E-state index is 11.7. The lowest BCUT2D eigenvalue weighted by Gasteiger charge is -2.35. The van der Waals surface area contributed by atoms with Crippen molar-refractivity contribution in [2.75, 3.05) is 25.4 Å². The molecule has 24 heavy (non-hydrogen) atoms. The molecule has 0 atom stereocenters. The second kappa shape index (κ2) is 7.42. The predicted octanol–water partition coefficient (Wildman–Crippen LogP) is 1.58. The van der Waals surface area contributed by atoms with Crippen molar-refractivity contribution in [1.29, 1.82) is 0 Å². The Morgan fingerprint density at radius 2 is 2.04 bits per heavy atom. The van der Waals surface area contributed by atoms with Crippen LogP contribution in [0.4, 0.5) is 0 Å². The van der Waals surface area contributed by atoms with Crippen LogP contribution in [0.15, 0.2) is 34.9 Å². The number of sulfonamides is 1. The van der Waals surface area contributed by atoms with Crippen LogP contribution >= 0.6 is 0 Å². The van der Waals surface area contributed by atoms with Crippen molar-refractivity contribution in [2.45, 2.75) is 25.9 Å². The van der Waals surface area contributed by atoms with E-state index >= 15 is 0 Å². The molecule has 0 bridgehead atoms. The Kier molecular flexibility index (Phi) is 5.27. The number of hydrogen-bond acceptors (Lipinski definition) is 6. The van der Waals surface area contributed by atoms with Crippen LogP contribution in [-0.4, -0.2) is 48.3 Å². The number of hydrogen-bond donors (Lipinski definition) is 0. The van der Waals surface area contributed by atoms with Gasteiger partial charge in [0, 0.05) is 19.5 Å². The lowest BCUT2D eigenvalue weighted by molar-refractivity contribution is 0.122. The highest BCUT2D eigenvalue weighted by atomic mass is 32.2. The highest BCUT2D eigenvalue weighted by Gasteiger charge is 2.38. The van der Waals surface area contributed by atoms with Crippen molar-refractivity contribution in [2.24, 2.45) is 0 Å². The second-order valence-electron chi connectivity index (χ2n) is 5.75. The van der Waals surface area contributed by atoms with Crippen molar-refractivity contribution in [1.82, 2.24) is 14.4 Å². The zero-order chi connectivity index (χ0) is 17.0. The van der Waals surface area contributed by atoms with Gasteiger partial charge in [-0.25, -0.2) is 12.7 Å². The summed E-state index contributed by atoms with van der Waals surface area (Å²) in [6, 6.07) is 9.95. The van der Waals surface area contributed by atoms with Gasteiger partial charge in [-0.05, 0) is 12.5 Å². The number of benzene rings is 1. The van der Waals surface area contributed by atoms with Gasteiger partial charge in [-0.15, -0.1) is 0 Å². The first-order chi connectivity index (χ1) is 11.6. The molecule has 1 aliphatic rings. The minimum Gasteiger partial charge on any atom is -0.376 e. The molecule has 1 aromatic heterocycles. The van der Waals surface area contributed by atoms with Crippen molar-refractivity contribution in [3.63, 3.8) is 0 Å². The Balaban J connectivity index is 1.42. The minimum atomic E-state index is -3.12. The molecule has 8 heteroatoms. The van der Waals surface area contributed by atoms with Gasteiger partial charge in [0.25, 0.3) is 0 Å². The first-order valence-corrected chi connectivity index (χ1v) is 9.61. The van der Waals surface area contributed by atoms with Crippen LogP contribution in [0.5, 0.6) is 0 Å². The fraction of sp³-hybridized carbons (Fsp3) is 0.500. The maximum atomic E-state index is 11.7. The van der Waals surface area contributed by atoms with Crippen molar-refractivity contribution < 1.29 is 17.7 Å². The average molecular weight is 351 g/mol. The number of aromatic nitrogens is 2. The highest BCUT2D eigenvalue weighted by Crippen LogP contribution is 2.28. The Morgan fingerprint density at radius 1 is 1.29 bits per heavy atom. The molecule has 2 heterocycles. The van der Waals surface area contributed by atoms with E-state index in [0.29, 0.717) is 44.4 Å². The summed E-state index contributed by atoms with van der Waals surface area (Å²) in [5.74, 6) is 1.22. The lowest BCUT2D eigenvalue weighted by atomic mass is 10.0. The van der Waals surface area contributed by atoms with E-state index in [4.69, 9.17) is 9.26 Å². The predicted molar refractivity (Wildman–Crippen MR) is 87.9 cm³/mol. The molecular weight excluding hydrogens is 330 g/mol. The van der Waals surface area contributed by atoms with Gasteiger partial charge in [-0.2, -0.15) is 4.98 Å². The molecule has 7 nitrogen and oxygen atoms in total. The summed E-state index contributed by atoms with van der Waals surface area (Å²) in [5.41, 5.74) is 1.12. The van der Waals surface area contributed by atoms with Gasteiger partial charge >= 0.3 is 0 Å². The molecule has 130 valence electrons. The van der Waals surface area contributed by atoms with Crippen molar-refractivity contribution >= 4 is 10.0 Å². The zero-order valence-electron chi connectivity index (χ0n) is 13.6. The van der Waals surface area contributed by atoms with Gasteiger partial charge in [0.05, 0.1) is 24.9 Å². The molecule has 1 fully saturated rings. The van der Waals surface area contributed by atoms with Gasteiger partial charge < -0.3 is 9.26 Å². The van der Waals surface area contributed by atoms with Crippen LogP contribution in [-0.2, 0) is 27.8 Å². The van der Waals surface area contributed by atoms with Crippen LogP contribution in [0.25, 0.3) is 0 Å². The Bertz CT molecular complexity index is 755. The van der Waals surface area contributed by atoms with Gasteiger partial charge in [-0.3, -0.25) is 0 Å². The van der Waals surface area contributed by atoms with Crippen LogP contribution < -0.4 is 0 Å². The van der Waals surface area contributed by atoms with Gasteiger partial charge in [-0.1, -0.05) is 35.5 Å². The summed E-state index contributed by atoms with van der Waals surface area (Å²) in [5, 5.41) is 3.94. The van der Waals surface area contributed by atoms with Gasteiger partial charge in [0.2, 0.25) is 15.9 Å². The molecule has 0 unspecified atom stereocenters. The fourth-order valence-corrected chi connectivity index (χ4v) is 3.65. The van der Waals surface area contributed by atoms with Crippen LogP contribution in [0.3, 0.4) is 0 Å². The standard InChI is InChI=1S/C16H21N3O4S/c1-2-24(20,21)19-10-14(11-19)16-17-15(18-23-16)8-9-22-12-13-6-4-3-5-7-13/h3-7,14H,2,8-12H2,1H3. The van der Waals surface area contributed by atoms with Gasteiger partial charge in [0.15, 0.2) is 5.82 Å². The monoisotopic (exact) mass is 351 g/mol. The molecule has 2 aromatic rings. The molecule has 1 saturated heterocycles. The van der Waals surface area contributed by atoms with E-state index in [1.807, 2.05) is 30.3 Å². The van der Waals surface area contributed by atoms with Crippen LogP contribution in [0, 0.1) is 0 Å². The first-order valence-electron chi connectivity index (χ1n) is 8.00. The summed E-state index contributed by atoms with van der Waals surface area (Å²) in [6.45, 7) is 3.54. The molecule has 0 radical (unpaired) electrons. The molecule has 0 spiro atoms. The maximum Gasteiger partial charge on any atom is 0.232 e. The molecule has 0 amide bonds. The van der Waals surface area contributed by atoms with Crippen LogP contribution in [0.2, 0.25) is 0 Å². The fourth-order valence-electron chi connectivity index (χ4n) is 2.47. The molecule has 1 aliphatic heterocycles. The summed E-state index contributed by atoms with van der Waals surface area (Å²) < 4.78 is 35.7. The molecule has 3 rings (SSSR count). The van der Waals surface area contributed by atoms with E-state index in [1.54, 1.807) is 6.92 Å². The Labute approximate surface area is 141 Å². The summed E-state index contributed by atoms with van der Waals surface area (Å²) >= 11 is 0. The van der Waals surface area contributed by atoms with E-state index in [9.17, 15) is 8.42 Å². The highest BCUT2D eigenvalue weighted by molar-refractivity contribution is 7.89. The Morgan fingerprint density at radius 3 is 2.75 bits per heavy atom. The molecule has 0 saturated carbocycles. The summed E-state index contributed by atoms with van der Waals surface area (Å²) in [4.78, 5) is 4.34. The normalized spacial score (nSPS) is 16.2. The van der Waals surface area contributed by atoms with Crippen LogP contribution in [0.1, 0.15) is 30.1 Å². The SMILES string of the molecule is CCS(=O)(=O)N1CC(c2nc(CCOCc3ccccc3)no2)C1. The van der Waals surface area contributed by atoms with Crippen molar-refractivity contribution in [3.05, 3.63) is 47.6 Å². The second-order valence-corrected chi connectivity index (χ2v) is 8.01. The van der Waals surface area contributed by atoms with Crippen molar-refractivity contribution in [3.8, 4) is 0 Å². The molecular formula is C16H21N3O4S. The lowest BCUT2D eigenvalue weighted by Crippen LogP contribution is -2.49. The van der Waals surface area contributed by atoms with E-state index in [1.165, 1.54) is 4.31 Å². The largest absolute Gasteiger partial charge is 0.376 e. The topological polar surface area (TPSA) is 85.5 Å². The van der Waals surface area contributed by atoms with E-state index in [2.05, 4.69) is 10.1 Å². The third kappa shape index (κ3) is 4.00. The average Bonchev–Trinajstić information content (AvgIpc) is 2.99. The first kappa shape index (κ1) is 17.1. The zero-order valence-corrected chi connectivity index (χ0v) is 14.4. The van der Waals surface area contributed by atoms with E-state index < -0.39 is 10.0 Å². The molecule has 0 N–H and O–H groups in total. The van der Waals surface area contributed by atoms with E-state index in [0.717, 1.165) is 5.56 Å². The van der Waals surface area contributed by atoms with Gasteiger partial charge in [0.1, 0.15) is 0 Å². The number of ether oxygens (including phenoxy) is 1. The number of nitrogens with zero attached hydrogens (tertiary/aromatic N) is 3. The molecule has 1 aromatic carbocycles. The number of rotatable bonds is 8. The van der Waals surface area contributed by atoms with E-state index in [-0.39, 0.29) is 11.7 Å². The quantitative estimate of drug-likeness (QED) is 0.671. The third-order valence-corrected chi connectivity index (χ3v) is 5.84. The molecule has 0 aliphatic carbocycles. The Hall–Kier alpha value is -1.77. The summed E-state index contributed by atoms with van der Waals surface area (Å²) in [7, 11) is -3.12. The minimum absolute atomic E-state index is 0.00203.